The smallest absolute Gasteiger partial charge is 0.0625 e. The Morgan fingerprint density at radius 2 is 2.20 bits per heavy atom. The lowest BCUT2D eigenvalue weighted by molar-refractivity contribution is 0.598. The van der Waals surface area contributed by atoms with E-state index in [0.717, 1.165) is 19.4 Å². The molecular formula is C13H21NS. The Kier molecular flexibility index (Phi) is 5.06. The summed E-state index contributed by atoms with van der Waals surface area (Å²) in [6.45, 7) is 11.6. The van der Waals surface area contributed by atoms with E-state index in [1.807, 2.05) is 11.3 Å². The van der Waals surface area contributed by atoms with Crippen LogP contribution in [0.3, 0.4) is 0 Å². The molecule has 0 amide bonds. The van der Waals surface area contributed by atoms with Crippen molar-refractivity contribution in [3.05, 3.63) is 34.0 Å². The van der Waals surface area contributed by atoms with Crippen LogP contribution in [0.25, 0.3) is 0 Å². The molecule has 0 aliphatic heterocycles. The highest BCUT2D eigenvalue weighted by Gasteiger charge is 2.13. The Labute approximate surface area is 97.2 Å². The van der Waals surface area contributed by atoms with Gasteiger partial charge in [0.25, 0.3) is 0 Å². The molecule has 2 heteroatoms. The van der Waals surface area contributed by atoms with Crippen molar-refractivity contribution in [2.24, 2.45) is 0 Å². The van der Waals surface area contributed by atoms with Crippen LogP contribution in [0, 0.1) is 0 Å². The van der Waals surface area contributed by atoms with Gasteiger partial charge in [0.05, 0.1) is 6.04 Å². The summed E-state index contributed by atoms with van der Waals surface area (Å²) in [6.07, 6.45) is 2.29. The normalized spacial score (nSPS) is 12.7. The monoisotopic (exact) mass is 223 g/mol. The van der Waals surface area contributed by atoms with Crippen molar-refractivity contribution in [2.45, 2.75) is 39.7 Å². The maximum atomic E-state index is 4.06. The molecule has 0 bridgehead atoms. The lowest BCUT2D eigenvalue weighted by Gasteiger charge is -2.16. The van der Waals surface area contributed by atoms with Gasteiger partial charge in [0.15, 0.2) is 0 Å². The van der Waals surface area contributed by atoms with Crippen LogP contribution < -0.4 is 5.32 Å². The molecule has 0 aliphatic rings. The van der Waals surface area contributed by atoms with E-state index in [1.54, 1.807) is 0 Å². The molecule has 0 radical (unpaired) electrons. The molecule has 0 fully saturated rings. The third-order valence-corrected chi connectivity index (χ3v) is 3.70. The topological polar surface area (TPSA) is 12.0 Å². The third-order valence-electron chi connectivity index (χ3n) is 2.41. The number of thiophene rings is 1. The average Bonchev–Trinajstić information content (AvgIpc) is 2.66. The molecule has 1 N–H and O–H groups in total. The zero-order chi connectivity index (χ0) is 11.3. The average molecular weight is 223 g/mol. The van der Waals surface area contributed by atoms with E-state index in [4.69, 9.17) is 0 Å². The fourth-order valence-electron chi connectivity index (χ4n) is 1.55. The minimum Gasteiger partial charge on any atom is -0.306 e. The Morgan fingerprint density at radius 3 is 2.67 bits per heavy atom. The molecule has 1 aromatic rings. The van der Waals surface area contributed by atoms with Crippen LogP contribution in [0.4, 0.5) is 0 Å². The molecule has 0 spiro atoms. The van der Waals surface area contributed by atoms with Crippen molar-refractivity contribution in [1.29, 1.82) is 0 Å². The summed E-state index contributed by atoms with van der Waals surface area (Å²) in [5.74, 6) is 0. The van der Waals surface area contributed by atoms with Crippen LogP contribution in [0.1, 0.15) is 43.0 Å². The minimum atomic E-state index is 0.343. The number of aryl methyl sites for hydroxylation is 1. The van der Waals surface area contributed by atoms with E-state index in [2.05, 4.69) is 44.8 Å². The molecule has 15 heavy (non-hydrogen) atoms. The van der Waals surface area contributed by atoms with Crippen LogP contribution in [-0.2, 0) is 6.42 Å². The Hall–Kier alpha value is -0.600. The van der Waals surface area contributed by atoms with Gasteiger partial charge in [-0.3, -0.25) is 0 Å². The second kappa shape index (κ2) is 6.09. The van der Waals surface area contributed by atoms with Gasteiger partial charge in [0.1, 0.15) is 0 Å². The van der Waals surface area contributed by atoms with Gasteiger partial charge < -0.3 is 5.32 Å². The molecule has 84 valence electrons. The Morgan fingerprint density at radius 1 is 1.47 bits per heavy atom. The summed E-state index contributed by atoms with van der Waals surface area (Å²) in [5.41, 5.74) is 1.20. The Bertz CT molecular complexity index is 314. The Balaban J connectivity index is 2.74. The molecule has 0 saturated heterocycles. The maximum absolute atomic E-state index is 4.06. The van der Waals surface area contributed by atoms with E-state index in [1.165, 1.54) is 15.3 Å². The second-order valence-electron chi connectivity index (χ2n) is 3.89. The van der Waals surface area contributed by atoms with Gasteiger partial charge >= 0.3 is 0 Å². The van der Waals surface area contributed by atoms with Gasteiger partial charge in [-0.05, 0) is 38.4 Å². The van der Waals surface area contributed by atoms with E-state index < -0.39 is 0 Å². The summed E-state index contributed by atoms with van der Waals surface area (Å²) in [5, 5.41) is 3.53. The van der Waals surface area contributed by atoms with Gasteiger partial charge in [-0.1, -0.05) is 26.0 Å². The molecule has 1 unspecified atom stereocenters. The van der Waals surface area contributed by atoms with Gasteiger partial charge in [0, 0.05) is 9.75 Å². The van der Waals surface area contributed by atoms with Gasteiger partial charge in [-0.2, -0.15) is 0 Å². The predicted molar refractivity (Wildman–Crippen MR) is 69.5 cm³/mol. The summed E-state index contributed by atoms with van der Waals surface area (Å²) >= 11 is 1.90. The highest BCUT2D eigenvalue weighted by atomic mass is 32.1. The van der Waals surface area contributed by atoms with Gasteiger partial charge in [-0.15, -0.1) is 11.3 Å². The number of hydrogen-bond donors (Lipinski definition) is 1. The highest BCUT2D eigenvalue weighted by Crippen LogP contribution is 2.27. The number of nitrogens with one attached hydrogen (secondary N) is 1. The summed E-state index contributed by atoms with van der Waals surface area (Å²) in [6, 6.07) is 4.80. The standard InChI is InChI=1S/C13H21NS/c1-5-9-14-13(10(3)4)12-8-7-11(6-2)15-12/h7-8,13-14H,3,5-6,9H2,1-2,4H3. The first kappa shape index (κ1) is 12.5. The van der Waals surface area contributed by atoms with Gasteiger partial charge in [0.2, 0.25) is 0 Å². The number of hydrogen-bond acceptors (Lipinski definition) is 2. The first-order valence-corrected chi connectivity index (χ1v) is 6.48. The van der Waals surface area contributed by atoms with Crippen molar-refractivity contribution in [2.75, 3.05) is 6.54 Å². The summed E-state index contributed by atoms with van der Waals surface area (Å²) in [7, 11) is 0. The van der Waals surface area contributed by atoms with E-state index in [0.29, 0.717) is 6.04 Å². The minimum absolute atomic E-state index is 0.343. The van der Waals surface area contributed by atoms with E-state index in [-0.39, 0.29) is 0 Å². The van der Waals surface area contributed by atoms with Crippen molar-refractivity contribution in [3.63, 3.8) is 0 Å². The molecule has 0 aromatic carbocycles. The zero-order valence-electron chi connectivity index (χ0n) is 9.97. The quantitative estimate of drug-likeness (QED) is 0.721. The van der Waals surface area contributed by atoms with Crippen LogP contribution in [0.15, 0.2) is 24.3 Å². The molecule has 1 nitrogen and oxygen atoms in total. The maximum Gasteiger partial charge on any atom is 0.0625 e. The molecular weight excluding hydrogens is 202 g/mol. The highest BCUT2D eigenvalue weighted by molar-refractivity contribution is 7.12. The van der Waals surface area contributed by atoms with Crippen molar-refractivity contribution in [1.82, 2.24) is 5.32 Å². The molecule has 0 aliphatic carbocycles. The number of rotatable bonds is 6. The summed E-state index contributed by atoms with van der Waals surface area (Å²) in [4.78, 5) is 2.85. The van der Waals surface area contributed by atoms with Crippen LogP contribution >= 0.6 is 11.3 Å². The first-order chi connectivity index (χ1) is 7.19. The predicted octanol–water partition coefficient (Wildman–Crippen LogP) is 3.93. The largest absolute Gasteiger partial charge is 0.306 e. The fraction of sp³-hybridized carbons (Fsp3) is 0.538. The molecule has 1 aromatic heterocycles. The first-order valence-electron chi connectivity index (χ1n) is 5.66. The van der Waals surface area contributed by atoms with Crippen LogP contribution in [-0.4, -0.2) is 6.54 Å². The lowest BCUT2D eigenvalue weighted by Crippen LogP contribution is -2.21. The van der Waals surface area contributed by atoms with Gasteiger partial charge in [-0.25, -0.2) is 0 Å². The fourth-order valence-corrected chi connectivity index (χ4v) is 2.67. The van der Waals surface area contributed by atoms with Crippen molar-refractivity contribution in [3.8, 4) is 0 Å². The zero-order valence-corrected chi connectivity index (χ0v) is 10.8. The summed E-state index contributed by atoms with van der Waals surface area (Å²) < 4.78 is 0. The van der Waals surface area contributed by atoms with Crippen LogP contribution in [0.2, 0.25) is 0 Å². The SMILES string of the molecule is C=C(C)C(NCCC)c1ccc(CC)s1. The molecule has 0 saturated carbocycles. The lowest BCUT2D eigenvalue weighted by atomic mass is 10.1. The van der Waals surface area contributed by atoms with Crippen LogP contribution in [0.5, 0.6) is 0 Å². The molecule has 1 atom stereocenters. The third kappa shape index (κ3) is 3.47. The molecule has 1 rings (SSSR count). The van der Waals surface area contributed by atoms with E-state index >= 15 is 0 Å². The van der Waals surface area contributed by atoms with Crippen molar-refractivity contribution < 1.29 is 0 Å². The van der Waals surface area contributed by atoms with Crippen molar-refractivity contribution >= 4 is 11.3 Å². The van der Waals surface area contributed by atoms with E-state index in [9.17, 15) is 0 Å². The molecule has 1 heterocycles. The second-order valence-corrected chi connectivity index (χ2v) is 5.09.